The lowest BCUT2D eigenvalue weighted by Gasteiger charge is -2.34. The molecular formula is C13H21BrCl2N2. The second-order valence-corrected chi connectivity index (χ2v) is 6.47. The van der Waals surface area contributed by atoms with Gasteiger partial charge in [-0.25, -0.2) is 0 Å². The van der Waals surface area contributed by atoms with Crippen LogP contribution in [0.1, 0.15) is 32.2 Å². The number of alkyl halides is 2. The Morgan fingerprint density at radius 3 is 2.22 bits per heavy atom. The van der Waals surface area contributed by atoms with Crippen LogP contribution < -0.4 is 0 Å². The zero-order chi connectivity index (χ0) is 13.9. The van der Waals surface area contributed by atoms with E-state index >= 15 is 0 Å². The van der Waals surface area contributed by atoms with Crippen molar-refractivity contribution in [2.45, 2.75) is 33.6 Å². The molecule has 0 spiro atoms. The Labute approximate surface area is 128 Å². The van der Waals surface area contributed by atoms with Crippen LogP contribution >= 0.6 is 39.1 Å². The molecule has 1 aromatic rings. The molecule has 0 N–H and O–H groups in total. The van der Waals surface area contributed by atoms with E-state index < -0.39 is 0 Å². The average molecular weight is 356 g/mol. The largest absolute Gasteiger partial charge is 0.271 e. The van der Waals surface area contributed by atoms with Gasteiger partial charge in [0.2, 0.25) is 0 Å². The molecule has 0 aromatic carbocycles. The highest BCUT2D eigenvalue weighted by Gasteiger charge is 2.34. The maximum absolute atomic E-state index is 6.19. The number of halogens is 3. The van der Waals surface area contributed by atoms with Crippen LogP contribution in [-0.2, 0) is 19.9 Å². The summed E-state index contributed by atoms with van der Waals surface area (Å²) in [5, 5.41) is 4.52. The van der Waals surface area contributed by atoms with Crippen molar-refractivity contribution < 1.29 is 0 Å². The van der Waals surface area contributed by atoms with Crippen LogP contribution in [0.3, 0.4) is 0 Å². The SMILES string of the molecule is CCc1nn(C)c(CC(CCl)(CCl)C(C)C)c1Br. The van der Waals surface area contributed by atoms with E-state index in [0.29, 0.717) is 17.7 Å². The summed E-state index contributed by atoms with van der Waals surface area (Å²) in [6.07, 6.45) is 1.77. The van der Waals surface area contributed by atoms with Gasteiger partial charge in [-0.2, -0.15) is 5.10 Å². The van der Waals surface area contributed by atoms with Crippen LogP contribution in [0.5, 0.6) is 0 Å². The van der Waals surface area contributed by atoms with Gasteiger partial charge < -0.3 is 0 Å². The quantitative estimate of drug-likeness (QED) is 0.691. The fraction of sp³-hybridized carbons (Fsp3) is 0.769. The van der Waals surface area contributed by atoms with Gasteiger partial charge in [0, 0.05) is 24.2 Å². The first-order valence-electron chi connectivity index (χ1n) is 6.24. The topological polar surface area (TPSA) is 17.8 Å². The number of nitrogens with zero attached hydrogens (tertiary/aromatic N) is 2. The van der Waals surface area contributed by atoms with Gasteiger partial charge in [0.15, 0.2) is 0 Å². The van der Waals surface area contributed by atoms with Crippen LogP contribution in [0.15, 0.2) is 4.47 Å². The molecule has 0 fully saturated rings. The summed E-state index contributed by atoms with van der Waals surface area (Å²) in [7, 11) is 1.98. The van der Waals surface area contributed by atoms with E-state index in [9.17, 15) is 0 Å². The summed E-state index contributed by atoms with van der Waals surface area (Å²) in [6.45, 7) is 6.46. The molecule has 0 aliphatic rings. The van der Waals surface area contributed by atoms with Crippen LogP contribution in [-0.4, -0.2) is 21.5 Å². The molecule has 0 unspecified atom stereocenters. The lowest BCUT2D eigenvalue weighted by atomic mass is 9.77. The predicted octanol–water partition coefficient (Wildman–Crippen LogP) is 4.41. The summed E-state index contributed by atoms with van der Waals surface area (Å²) in [5.41, 5.74) is 2.20. The summed E-state index contributed by atoms with van der Waals surface area (Å²) in [4.78, 5) is 0. The first-order valence-corrected chi connectivity index (χ1v) is 8.10. The fourth-order valence-corrected chi connectivity index (χ4v) is 3.84. The van der Waals surface area contributed by atoms with Crippen LogP contribution in [0, 0.1) is 11.3 Å². The lowest BCUT2D eigenvalue weighted by Crippen LogP contribution is -2.34. The molecular weight excluding hydrogens is 335 g/mol. The number of rotatable bonds is 6. The van der Waals surface area contributed by atoms with Crippen LogP contribution in [0.4, 0.5) is 0 Å². The van der Waals surface area contributed by atoms with Gasteiger partial charge in [-0.3, -0.25) is 4.68 Å². The molecule has 0 aliphatic carbocycles. The minimum Gasteiger partial charge on any atom is -0.271 e. The third kappa shape index (κ3) is 3.05. The molecule has 0 bridgehead atoms. The molecule has 1 rings (SSSR count). The zero-order valence-electron chi connectivity index (χ0n) is 11.4. The molecule has 1 heterocycles. The summed E-state index contributed by atoms with van der Waals surface area (Å²) in [6, 6.07) is 0. The zero-order valence-corrected chi connectivity index (χ0v) is 14.5. The Kier molecular flexibility index (Phi) is 6.01. The maximum Gasteiger partial charge on any atom is 0.0766 e. The van der Waals surface area contributed by atoms with Crippen molar-refractivity contribution in [2.75, 3.05) is 11.8 Å². The van der Waals surface area contributed by atoms with Gasteiger partial charge >= 0.3 is 0 Å². The highest BCUT2D eigenvalue weighted by molar-refractivity contribution is 9.10. The van der Waals surface area contributed by atoms with Gasteiger partial charge in [0.25, 0.3) is 0 Å². The first-order chi connectivity index (χ1) is 8.41. The second-order valence-electron chi connectivity index (χ2n) is 5.15. The molecule has 104 valence electrons. The van der Waals surface area contributed by atoms with Crippen molar-refractivity contribution >= 4 is 39.1 Å². The van der Waals surface area contributed by atoms with Crippen molar-refractivity contribution in [1.29, 1.82) is 0 Å². The molecule has 1 aromatic heterocycles. The predicted molar refractivity (Wildman–Crippen MR) is 82.7 cm³/mol. The number of hydrogen-bond donors (Lipinski definition) is 0. The molecule has 0 saturated heterocycles. The van der Waals surface area contributed by atoms with E-state index in [1.54, 1.807) is 0 Å². The maximum atomic E-state index is 6.19. The van der Waals surface area contributed by atoms with Crippen LogP contribution in [0.2, 0.25) is 0 Å². The van der Waals surface area contributed by atoms with Crippen molar-refractivity contribution in [3.05, 3.63) is 15.9 Å². The molecule has 18 heavy (non-hydrogen) atoms. The smallest absolute Gasteiger partial charge is 0.0766 e. The van der Waals surface area contributed by atoms with E-state index in [0.717, 1.165) is 23.0 Å². The molecule has 2 nitrogen and oxygen atoms in total. The standard InChI is InChI=1S/C13H21BrCl2N2/c1-5-10-12(14)11(18(4)17-10)6-13(7-15,8-16)9(2)3/h9H,5-8H2,1-4H3. The first kappa shape index (κ1) is 16.3. The third-order valence-electron chi connectivity index (χ3n) is 3.78. The lowest BCUT2D eigenvalue weighted by molar-refractivity contribution is 0.253. The van der Waals surface area contributed by atoms with Gasteiger partial charge in [-0.1, -0.05) is 20.8 Å². The monoisotopic (exact) mass is 354 g/mol. The van der Waals surface area contributed by atoms with Gasteiger partial charge in [-0.15, -0.1) is 23.2 Å². The van der Waals surface area contributed by atoms with Crippen LogP contribution in [0.25, 0.3) is 0 Å². The minimum absolute atomic E-state index is 0.0789. The van der Waals surface area contributed by atoms with E-state index in [1.807, 2.05) is 11.7 Å². The Balaban J connectivity index is 3.12. The van der Waals surface area contributed by atoms with Crippen molar-refractivity contribution in [3.8, 4) is 0 Å². The van der Waals surface area contributed by atoms with Gasteiger partial charge in [0.05, 0.1) is 15.9 Å². The van der Waals surface area contributed by atoms with E-state index in [1.165, 1.54) is 5.69 Å². The van der Waals surface area contributed by atoms with E-state index in [2.05, 4.69) is 41.8 Å². The molecule has 0 saturated carbocycles. The number of aryl methyl sites for hydroxylation is 2. The number of hydrogen-bond acceptors (Lipinski definition) is 1. The summed E-state index contributed by atoms with van der Waals surface area (Å²) >= 11 is 16.0. The van der Waals surface area contributed by atoms with E-state index in [4.69, 9.17) is 23.2 Å². The Hall–Kier alpha value is 0.270. The van der Waals surface area contributed by atoms with Gasteiger partial charge in [-0.05, 0) is 34.7 Å². The van der Waals surface area contributed by atoms with E-state index in [-0.39, 0.29) is 5.41 Å². The summed E-state index contributed by atoms with van der Waals surface area (Å²) in [5.74, 6) is 1.56. The van der Waals surface area contributed by atoms with Gasteiger partial charge in [0.1, 0.15) is 0 Å². The Morgan fingerprint density at radius 1 is 1.33 bits per heavy atom. The fourth-order valence-electron chi connectivity index (χ4n) is 1.99. The normalized spacial score (nSPS) is 12.4. The van der Waals surface area contributed by atoms with Crippen molar-refractivity contribution in [3.63, 3.8) is 0 Å². The Bertz CT molecular complexity index is 398. The molecule has 5 heteroatoms. The average Bonchev–Trinajstić information content (AvgIpc) is 2.62. The highest BCUT2D eigenvalue weighted by Crippen LogP contribution is 2.37. The molecule has 0 atom stereocenters. The summed E-state index contributed by atoms with van der Waals surface area (Å²) < 4.78 is 3.05. The molecule has 0 radical (unpaired) electrons. The highest BCUT2D eigenvalue weighted by atomic mass is 79.9. The second kappa shape index (κ2) is 6.62. The Morgan fingerprint density at radius 2 is 1.89 bits per heavy atom. The molecule has 0 aliphatic heterocycles. The minimum atomic E-state index is -0.0789. The molecule has 0 amide bonds. The number of aromatic nitrogens is 2. The third-order valence-corrected chi connectivity index (χ3v) is 5.76. The van der Waals surface area contributed by atoms with Crippen molar-refractivity contribution in [2.24, 2.45) is 18.4 Å². The van der Waals surface area contributed by atoms with Crippen molar-refractivity contribution in [1.82, 2.24) is 9.78 Å².